The van der Waals surface area contributed by atoms with Gasteiger partial charge in [0.1, 0.15) is 0 Å². The van der Waals surface area contributed by atoms with Gasteiger partial charge in [0, 0.05) is 19.1 Å². The first-order chi connectivity index (χ1) is 9.16. The maximum atomic E-state index is 11.9. The Bertz CT molecular complexity index is 665. The summed E-state index contributed by atoms with van der Waals surface area (Å²) in [5.41, 5.74) is 1.36. The standard InChI is InChI=1S/C13H14N2O4/c16-12(17)14-7-5-9(6-8-14)15-10-3-1-2-4-11(10)19-13(15)18/h1-4,9H,5-8H2,(H,16,17). The van der Waals surface area contributed by atoms with Gasteiger partial charge in [0.05, 0.1) is 5.52 Å². The van der Waals surface area contributed by atoms with Crippen LogP contribution in [0.25, 0.3) is 11.1 Å². The van der Waals surface area contributed by atoms with Crippen molar-refractivity contribution in [3.63, 3.8) is 0 Å². The average molecular weight is 262 g/mol. The van der Waals surface area contributed by atoms with E-state index in [1.165, 1.54) is 4.90 Å². The molecule has 2 aromatic rings. The zero-order chi connectivity index (χ0) is 13.4. The van der Waals surface area contributed by atoms with Crippen molar-refractivity contribution in [1.29, 1.82) is 0 Å². The van der Waals surface area contributed by atoms with Gasteiger partial charge < -0.3 is 14.4 Å². The van der Waals surface area contributed by atoms with Crippen molar-refractivity contribution < 1.29 is 14.3 Å². The van der Waals surface area contributed by atoms with Gasteiger partial charge in [-0.1, -0.05) is 12.1 Å². The van der Waals surface area contributed by atoms with Crippen LogP contribution in [0.1, 0.15) is 18.9 Å². The number of likely N-dealkylation sites (tertiary alicyclic amines) is 1. The molecule has 0 saturated carbocycles. The summed E-state index contributed by atoms with van der Waals surface area (Å²) in [5.74, 6) is -0.366. The Morgan fingerprint density at radius 3 is 2.63 bits per heavy atom. The number of rotatable bonds is 1. The summed E-state index contributed by atoms with van der Waals surface area (Å²) in [4.78, 5) is 24.2. The third-order valence-electron chi connectivity index (χ3n) is 3.62. The minimum Gasteiger partial charge on any atom is -0.465 e. The molecule has 1 aliphatic rings. The van der Waals surface area contributed by atoms with Crippen LogP contribution >= 0.6 is 0 Å². The molecule has 6 heteroatoms. The van der Waals surface area contributed by atoms with E-state index in [2.05, 4.69) is 0 Å². The Kier molecular flexibility index (Phi) is 2.77. The van der Waals surface area contributed by atoms with Crippen LogP contribution in [-0.2, 0) is 0 Å². The topological polar surface area (TPSA) is 75.7 Å². The summed E-state index contributed by atoms with van der Waals surface area (Å²) in [6.07, 6.45) is 0.369. The molecule has 1 fully saturated rings. The van der Waals surface area contributed by atoms with Crippen molar-refractivity contribution in [3.05, 3.63) is 34.8 Å². The predicted octanol–water partition coefficient (Wildman–Crippen LogP) is 1.91. The maximum absolute atomic E-state index is 11.9. The number of fused-ring (bicyclic) bond motifs is 1. The van der Waals surface area contributed by atoms with Gasteiger partial charge in [-0.05, 0) is 25.0 Å². The van der Waals surface area contributed by atoms with E-state index in [1.54, 1.807) is 10.6 Å². The van der Waals surface area contributed by atoms with Crippen molar-refractivity contribution in [3.8, 4) is 0 Å². The van der Waals surface area contributed by atoms with E-state index >= 15 is 0 Å². The van der Waals surface area contributed by atoms with Gasteiger partial charge in [0.25, 0.3) is 0 Å². The quantitative estimate of drug-likeness (QED) is 0.851. The van der Waals surface area contributed by atoms with Crippen LogP contribution < -0.4 is 5.76 Å². The lowest BCUT2D eigenvalue weighted by molar-refractivity contribution is 0.125. The van der Waals surface area contributed by atoms with E-state index in [0.29, 0.717) is 31.5 Å². The van der Waals surface area contributed by atoms with Crippen molar-refractivity contribution in [2.45, 2.75) is 18.9 Å². The average Bonchev–Trinajstić information content (AvgIpc) is 2.74. The molecular formula is C13H14N2O4. The van der Waals surface area contributed by atoms with Crippen LogP contribution in [0.3, 0.4) is 0 Å². The number of para-hydroxylation sites is 2. The van der Waals surface area contributed by atoms with E-state index < -0.39 is 6.09 Å². The summed E-state index contributed by atoms with van der Waals surface area (Å²) in [6, 6.07) is 7.30. The van der Waals surface area contributed by atoms with E-state index in [1.807, 2.05) is 18.2 Å². The second kappa shape index (κ2) is 4.46. The number of hydrogen-bond donors (Lipinski definition) is 1. The third-order valence-corrected chi connectivity index (χ3v) is 3.62. The molecule has 1 aliphatic heterocycles. The molecule has 0 bridgehead atoms. The lowest BCUT2D eigenvalue weighted by Crippen LogP contribution is -2.39. The number of amides is 1. The summed E-state index contributed by atoms with van der Waals surface area (Å²) in [5, 5.41) is 8.92. The monoisotopic (exact) mass is 262 g/mol. The highest BCUT2D eigenvalue weighted by Gasteiger charge is 2.26. The first kappa shape index (κ1) is 11.8. The molecule has 0 unspecified atom stereocenters. The normalized spacial score (nSPS) is 16.9. The highest BCUT2D eigenvalue weighted by atomic mass is 16.4. The van der Waals surface area contributed by atoms with E-state index in [4.69, 9.17) is 9.52 Å². The molecule has 1 saturated heterocycles. The molecule has 1 amide bonds. The summed E-state index contributed by atoms with van der Waals surface area (Å²) in [7, 11) is 0. The Hall–Kier alpha value is -2.24. The molecule has 6 nitrogen and oxygen atoms in total. The first-order valence-corrected chi connectivity index (χ1v) is 6.25. The second-order valence-electron chi connectivity index (χ2n) is 4.71. The van der Waals surface area contributed by atoms with Gasteiger partial charge in [-0.3, -0.25) is 4.57 Å². The van der Waals surface area contributed by atoms with E-state index in [0.717, 1.165) is 5.52 Å². The van der Waals surface area contributed by atoms with Gasteiger partial charge >= 0.3 is 11.8 Å². The molecule has 0 radical (unpaired) electrons. The summed E-state index contributed by atoms with van der Waals surface area (Å²) < 4.78 is 6.85. The Balaban J connectivity index is 1.92. The van der Waals surface area contributed by atoms with Gasteiger partial charge in [-0.15, -0.1) is 0 Å². The van der Waals surface area contributed by atoms with Crippen LogP contribution in [0.2, 0.25) is 0 Å². The molecule has 0 atom stereocenters. The lowest BCUT2D eigenvalue weighted by atomic mass is 10.1. The fraction of sp³-hybridized carbons (Fsp3) is 0.385. The summed E-state index contributed by atoms with van der Waals surface area (Å²) in [6.45, 7) is 0.901. The highest BCUT2D eigenvalue weighted by molar-refractivity contribution is 5.72. The third kappa shape index (κ3) is 1.99. The van der Waals surface area contributed by atoms with Crippen LogP contribution in [-0.4, -0.2) is 33.8 Å². The van der Waals surface area contributed by atoms with Crippen LogP contribution in [0.15, 0.2) is 33.5 Å². The minimum atomic E-state index is -0.900. The zero-order valence-corrected chi connectivity index (χ0v) is 10.3. The van der Waals surface area contributed by atoms with E-state index in [-0.39, 0.29) is 11.8 Å². The molecule has 0 spiro atoms. The van der Waals surface area contributed by atoms with Crippen molar-refractivity contribution in [1.82, 2.24) is 9.47 Å². The Morgan fingerprint density at radius 2 is 1.95 bits per heavy atom. The van der Waals surface area contributed by atoms with Crippen molar-refractivity contribution in [2.75, 3.05) is 13.1 Å². The number of nitrogens with zero attached hydrogens (tertiary/aromatic N) is 2. The number of hydrogen-bond acceptors (Lipinski definition) is 3. The van der Waals surface area contributed by atoms with Crippen LogP contribution in [0.5, 0.6) is 0 Å². The molecule has 3 rings (SSSR count). The van der Waals surface area contributed by atoms with E-state index in [9.17, 15) is 9.59 Å². The number of piperidine rings is 1. The highest BCUT2D eigenvalue weighted by Crippen LogP contribution is 2.25. The van der Waals surface area contributed by atoms with Gasteiger partial charge in [0.2, 0.25) is 0 Å². The number of aromatic nitrogens is 1. The molecule has 0 aliphatic carbocycles. The first-order valence-electron chi connectivity index (χ1n) is 6.25. The zero-order valence-electron chi connectivity index (χ0n) is 10.3. The molecule has 1 aromatic heterocycles. The molecule has 1 N–H and O–H groups in total. The maximum Gasteiger partial charge on any atom is 0.420 e. The minimum absolute atomic E-state index is 0.00625. The SMILES string of the molecule is O=C(O)N1CCC(n2c(=O)oc3ccccc32)CC1. The van der Waals surface area contributed by atoms with Crippen molar-refractivity contribution >= 4 is 17.2 Å². The fourth-order valence-corrected chi connectivity index (χ4v) is 2.65. The second-order valence-corrected chi connectivity index (χ2v) is 4.71. The smallest absolute Gasteiger partial charge is 0.420 e. The molecular weight excluding hydrogens is 248 g/mol. The molecule has 2 heterocycles. The molecule has 100 valence electrons. The van der Waals surface area contributed by atoms with Crippen molar-refractivity contribution in [2.24, 2.45) is 0 Å². The van der Waals surface area contributed by atoms with Gasteiger partial charge in [0.15, 0.2) is 5.58 Å². The number of carbonyl (C=O) groups is 1. The fourth-order valence-electron chi connectivity index (χ4n) is 2.65. The summed E-state index contributed by atoms with van der Waals surface area (Å²) >= 11 is 0. The van der Waals surface area contributed by atoms with Crippen LogP contribution in [0.4, 0.5) is 4.79 Å². The van der Waals surface area contributed by atoms with Gasteiger partial charge in [-0.25, -0.2) is 9.59 Å². The lowest BCUT2D eigenvalue weighted by Gasteiger charge is -2.30. The van der Waals surface area contributed by atoms with Crippen LogP contribution in [0, 0.1) is 0 Å². The Morgan fingerprint density at radius 1 is 1.26 bits per heavy atom. The predicted molar refractivity (Wildman–Crippen MR) is 68.3 cm³/mol. The number of carboxylic acid groups (broad SMARTS) is 1. The molecule has 1 aromatic carbocycles. The number of benzene rings is 1. The largest absolute Gasteiger partial charge is 0.465 e. The van der Waals surface area contributed by atoms with Gasteiger partial charge in [-0.2, -0.15) is 0 Å². The molecule has 19 heavy (non-hydrogen) atoms. The Labute approximate surface area is 108 Å². The number of oxazole rings is 1.